The molecule has 0 amide bonds. The van der Waals surface area contributed by atoms with Gasteiger partial charge < -0.3 is 0 Å². The van der Waals surface area contributed by atoms with Crippen molar-refractivity contribution >= 4 is 9.52 Å². The van der Waals surface area contributed by atoms with E-state index in [1.807, 2.05) is 11.1 Å². The zero-order valence-electron chi connectivity index (χ0n) is 24.1. The minimum atomic E-state index is -2.83. The molecule has 0 heterocycles. The Labute approximate surface area is 237 Å². The van der Waals surface area contributed by atoms with Gasteiger partial charge in [0.25, 0.3) is 0 Å². The van der Waals surface area contributed by atoms with E-state index in [4.69, 9.17) is 0 Å². The van der Waals surface area contributed by atoms with Gasteiger partial charge in [-0.3, -0.25) is 0 Å². The third-order valence-electron chi connectivity index (χ3n) is 9.47. The molecule has 0 aliphatic heterocycles. The molecule has 0 spiro atoms. The van der Waals surface area contributed by atoms with E-state index in [9.17, 15) is 0 Å². The average molecular weight is 555 g/mol. The van der Waals surface area contributed by atoms with Gasteiger partial charge in [-0.25, -0.2) is 0 Å². The Balaban J connectivity index is 1.71. The third kappa shape index (κ3) is 5.96. The first-order valence-corrected chi connectivity index (χ1v) is 20.6. The van der Waals surface area contributed by atoms with Crippen molar-refractivity contribution in [2.45, 2.75) is 82.4 Å². The molecule has 3 aromatic rings. The van der Waals surface area contributed by atoms with Crippen molar-refractivity contribution in [3.8, 4) is 0 Å². The first-order chi connectivity index (χ1) is 18.3. The second-order valence-electron chi connectivity index (χ2n) is 13.3. The van der Waals surface area contributed by atoms with Crippen LogP contribution in [0.4, 0.5) is 0 Å². The first kappa shape index (κ1) is 27.6. The molecule has 0 radical (unpaired) electrons. The Bertz CT molecular complexity index is 1170. The van der Waals surface area contributed by atoms with Gasteiger partial charge in [-0.2, -0.15) is 0 Å². The summed E-state index contributed by atoms with van der Waals surface area (Å²) in [6, 6.07) is 36.0. The maximum absolute atomic E-state index is 2.83. The molecule has 0 nitrogen and oxygen atoms in total. The molecule has 0 bridgehead atoms. The molecule has 0 saturated carbocycles. The standard InChI is InChI=1S/C15H25Si.3C7H7.Ti/c1-11-13(10-16-15(2,3)4)9-12-7-5-6-8-14(11)12;3*1-7-5-3-2-4-6-7;/h9H,5-8,10,16H2,1-4H3;3*2-6H,1H2;. The van der Waals surface area contributed by atoms with Crippen LogP contribution in [0, 0.1) is 0 Å². The van der Waals surface area contributed by atoms with E-state index in [2.05, 4.69) is 125 Å². The van der Waals surface area contributed by atoms with Crippen molar-refractivity contribution in [3.63, 3.8) is 0 Å². The van der Waals surface area contributed by atoms with E-state index in [0.717, 1.165) is 0 Å². The summed E-state index contributed by atoms with van der Waals surface area (Å²) in [5, 5.41) is 0.485. The van der Waals surface area contributed by atoms with Gasteiger partial charge in [0.15, 0.2) is 0 Å². The zero-order valence-corrected chi connectivity index (χ0v) is 27.1. The van der Waals surface area contributed by atoms with Crippen LogP contribution in [-0.4, -0.2) is 9.52 Å². The summed E-state index contributed by atoms with van der Waals surface area (Å²) in [5.74, 6) is 0. The summed E-state index contributed by atoms with van der Waals surface area (Å²) >= 11 is -2.83. The van der Waals surface area contributed by atoms with E-state index < -0.39 is 16.6 Å². The van der Waals surface area contributed by atoms with Gasteiger partial charge in [-0.15, -0.1) is 0 Å². The molecular weight excluding hydrogens is 508 g/mol. The van der Waals surface area contributed by atoms with E-state index in [1.54, 1.807) is 22.3 Å². The van der Waals surface area contributed by atoms with Crippen LogP contribution in [0.25, 0.3) is 0 Å². The zero-order chi connectivity index (χ0) is 26.6. The second kappa shape index (κ2) is 11.7. The van der Waals surface area contributed by atoms with Gasteiger partial charge in [0.05, 0.1) is 0 Å². The van der Waals surface area contributed by atoms with Crippen molar-refractivity contribution in [2.75, 3.05) is 0 Å². The second-order valence-corrected chi connectivity index (χ2v) is 23.7. The van der Waals surface area contributed by atoms with Gasteiger partial charge >= 0.3 is 239 Å². The van der Waals surface area contributed by atoms with E-state index in [-0.39, 0.29) is 13.2 Å². The topological polar surface area (TPSA) is 0 Å². The molecule has 1 unspecified atom stereocenters. The van der Waals surface area contributed by atoms with Crippen molar-refractivity contribution in [1.82, 2.24) is 0 Å². The number of rotatable bonds is 9. The summed E-state index contributed by atoms with van der Waals surface area (Å²) in [4.78, 5) is 0. The molecule has 198 valence electrons. The van der Waals surface area contributed by atoms with Crippen LogP contribution >= 0.6 is 0 Å². The summed E-state index contributed by atoms with van der Waals surface area (Å²) < 4.78 is 4.11. The van der Waals surface area contributed by atoms with Gasteiger partial charge in [-0.1, -0.05) is 0 Å². The number of benzene rings is 3. The van der Waals surface area contributed by atoms with Crippen LogP contribution < -0.4 is 0 Å². The van der Waals surface area contributed by atoms with Crippen LogP contribution in [0.15, 0.2) is 114 Å². The molecule has 0 fully saturated rings. The van der Waals surface area contributed by atoms with Crippen LogP contribution in [0.5, 0.6) is 0 Å². The van der Waals surface area contributed by atoms with Gasteiger partial charge in [0.1, 0.15) is 0 Å². The molecule has 0 N–H and O–H groups in total. The fourth-order valence-electron chi connectivity index (χ4n) is 7.38. The van der Waals surface area contributed by atoms with Crippen molar-refractivity contribution < 1.29 is 16.6 Å². The Morgan fingerprint density at radius 1 is 0.684 bits per heavy atom. The normalized spacial score (nSPS) is 20.2. The molecule has 3 aromatic carbocycles. The van der Waals surface area contributed by atoms with E-state index in [0.29, 0.717) is 5.04 Å². The third-order valence-corrected chi connectivity index (χ3v) is 21.1. The Kier molecular flexibility index (Phi) is 8.48. The molecular formula is C36H46SiTi. The minimum absolute atomic E-state index is 0.223. The molecule has 5 rings (SSSR count). The first-order valence-electron chi connectivity index (χ1n) is 14.8. The molecule has 0 saturated heterocycles. The predicted octanol–water partition coefficient (Wildman–Crippen LogP) is 9.54. The Morgan fingerprint density at radius 2 is 1.13 bits per heavy atom. The van der Waals surface area contributed by atoms with Gasteiger partial charge in [0, 0.05) is 0 Å². The quantitative estimate of drug-likeness (QED) is 0.231. The Morgan fingerprint density at radius 3 is 1.58 bits per heavy atom. The van der Waals surface area contributed by atoms with Crippen molar-refractivity contribution in [3.05, 3.63) is 130 Å². The molecule has 0 aromatic heterocycles. The fraction of sp³-hybridized carbons (Fsp3) is 0.389. The number of hydrogen-bond acceptors (Lipinski definition) is 0. The number of allylic oxidation sites excluding steroid dienone is 4. The summed E-state index contributed by atoms with van der Waals surface area (Å²) in [7, 11) is -0.223. The van der Waals surface area contributed by atoms with Gasteiger partial charge in [0.2, 0.25) is 0 Å². The van der Waals surface area contributed by atoms with Crippen LogP contribution in [0.2, 0.25) is 14.8 Å². The molecule has 1 atom stereocenters. The Hall–Kier alpha value is -1.93. The summed E-state index contributed by atoms with van der Waals surface area (Å²) in [6.07, 6.45) is 8.10. The molecule has 2 aliphatic carbocycles. The van der Waals surface area contributed by atoms with Crippen LogP contribution in [-0.2, 0) is 30.8 Å². The molecule has 38 heavy (non-hydrogen) atoms. The van der Waals surface area contributed by atoms with E-state index >= 15 is 0 Å². The summed E-state index contributed by atoms with van der Waals surface area (Å²) in [6.45, 7) is 10.2. The van der Waals surface area contributed by atoms with Crippen LogP contribution in [0.3, 0.4) is 0 Å². The number of hydrogen-bond donors (Lipinski definition) is 0. The SMILES string of the molecule is CC(C)(C)[SiH2]CC1=CC2=C(CCCC2)[C]1(C)[Ti]([CH2]c1ccccc1)([CH2]c1ccccc1)[CH2]c1ccccc1. The van der Waals surface area contributed by atoms with Crippen molar-refractivity contribution in [1.29, 1.82) is 0 Å². The van der Waals surface area contributed by atoms with Gasteiger partial charge in [-0.05, 0) is 0 Å². The van der Waals surface area contributed by atoms with Crippen LogP contribution in [0.1, 0.15) is 70.1 Å². The maximum atomic E-state index is 2.76. The summed E-state index contributed by atoms with van der Waals surface area (Å²) in [5.41, 5.74) is 10.1. The predicted molar refractivity (Wildman–Crippen MR) is 165 cm³/mol. The average Bonchev–Trinajstić information content (AvgIpc) is 3.22. The van der Waals surface area contributed by atoms with Crippen molar-refractivity contribution in [2.24, 2.45) is 0 Å². The molecule has 2 heteroatoms. The monoisotopic (exact) mass is 554 g/mol. The molecule has 2 aliphatic rings. The fourth-order valence-corrected chi connectivity index (χ4v) is 19.3. The van der Waals surface area contributed by atoms with E-state index in [1.165, 1.54) is 45.9 Å².